The summed E-state index contributed by atoms with van der Waals surface area (Å²) in [7, 11) is 4.06. The molecular formula is C19H25N5O. The fraction of sp³-hybridized carbons (Fsp3) is 0.368. The predicted molar refractivity (Wildman–Crippen MR) is 99.7 cm³/mol. The van der Waals surface area contributed by atoms with E-state index in [4.69, 9.17) is 0 Å². The summed E-state index contributed by atoms with van der Waals surface area (Å²) in [6, 6.07) is 8.37. The molecule has 132 valence electrons. The van der Waals surface area contributed by atoms with Crippen LogP contribution in [0.3, 0.4) is 0 Å². The van der Waals surface area contributed by atoms with Crippen LogP contribution in [-0.2, 0) is 13.0 Å². The van der Waals surface area contributed by atoms with Gasteiger partial charge in [-0.25, -0.2) is 4.98 Å². The fourth-order valence-electron chi connectivity index (χ4n) is 2.94. The Morgan fingerprint density at radius 1 is 1.16 bits per heavy atom. The number of hydrogen-bond donors (Lipinski definition) is 1. The van der Waals surface area contributed by atoms with Gasteiger partial charge in [0.15, 0.2) is 0 Å². The van der Waals surface area contributed by atoms with Crippen LogP contribution < -0.4 is 4.90 Å². The Bertz CT molecular complexity index is 803. The van der Waals surface area contributed by atoms with Crippen LogP contribution in [0.15, 0.2) is 49.2 Å². The first-order valence-electron chi connectivity index (χ1n) is 8.54. The van der Waals surface area contributed by atoms with Crippen LogP contribution in [-0.4, -0.2) is 45.1 Å². The number of aromatic nitrogens is 4. The summed E-state index contributed by atoms with van der Waals surface area (Å²) < 4.78 is 3.93. The van der Waals surface area contributed by atoms with Crippen molar-refractivity contribution in [3.8, 4) is 11.3 Å². The molecule has 1 atom stereocenters. The maximum absolute atomic E-state index is 9.95. The van der Waals surface area contributed by atoms with Crippen molar-refractivity contribution in [1.82, 2.24) is 19.3 Å². The Balaban J connectivity index is 1.83. The van der Waals surface area contributed by atoms with Gasteiger partial charge in [-0.05, 0) is 31.0 Å². The van der Waals surface area contributed by atoms with E-state index in [0.717, 1.165) is 24.2 Å². The minimum absolute atomic E-state index is 0.0563. The highest BCUT2D eigenvalue weighted by molar-refractivity contribution is 5.57. The van der Waals surface area contributed by atoms with Crippen molar-refractivity contribution in [2.75, 3.05) is 25.6 Å². The standard InChI is InChI=1S/C19H25N5O/c1-4-23-12-16(10-21-23)19-11-20-14-24(19)18(13-25)9-15-5-7-17(8-6-15)22(2)3/h5-8,10-12,14,18,25H,4,9,13H2,1-3H3/t18-/m0/s1. The van der Waals surface area contributed by atoms with Gasteiger partial charge in [-0.2, -0.15) is 5.10 Å². The maximum atomic E-state index is 9.95. The summed E-state index contributed by atoms with van der Waals surface area (Å²) in [5.74, 6) is 0. The van der Waals surface area contributed by atoms with Crippen LogP contribution in [0.2, 0.25) is 0 Å². The average Bonchev–Trinajstić information content (AvgIpc) is 3.28. The van der Waals surface area contributed by atoms with Crippen LogP contribution in [0.1, 0.15) is 18.5 Å². The van der Waals surface area contributed by atoms with Crippen molar-refractivity contribution in [3.63, 3.8) is 0 Å². The van der Waals surface area contributed by atoms with Crippen molar-refractivity contribution in [3.05, 3.63) is 54.7 Å². The topological polar surface area (TPSA) is 59.1 Å². The largest absolute Gasteiger partial charge is 0.394 e. The van der Waals surface area contributed by atoms with Gasteiger partial charge >= 0.3 is 0 Å². The van der Waals surface area contributed by atoms with Crippen molar-refractivity contribution >= 4 is 5.69 Å². The van der Waals surface area contributed by atoms with E-state index in [0.29, 0.717) is 0 Å². The number of nitrogens with zero attached hydrogens (tertiary/aromatic N) is 5. The lowest BCUT2D eigenvalue weighted by atomic mass is 10.1. The van der Waals surface area contributed by atoms with Gasteiger partial charge in [0.25, 0.3) is 0 Å². The Kier molecular flexibility index (Phi) is 5.19. The van der Waals surface area contributed by atoms with E-state index >= 15 is 0 Å². The molecule has 3 rings (SSSR count). The summed E-state index contributed by atoms with van der Waals surface area (Å²) in [6.07, 6.45) is 8.21. The normalized spacial score (nSPS) is 12.3. The molecule has 6 nitrogen and oxygen atoms in total. The Morgan fingerprint density at radius 3 is 2.52 bits per heavy atom. The van der Waals surface area contributed by atoms with Gasteiger partial charge in [-0.15, -0.1) is 0 Å². The highest BCUT2D eigenvalue weighted by Gasteiger charge is 2.16. The second-order valence-corrected chi connectivity index (χ2v) is 6.37. The number of rotatable bonds is 7. The number of benzene rings is 1. The minimum Gasteiger partial charge on any atom is -0.394 e. The molecule has 0 amide bonds. The molecule has 1 aromatic carbocycles. The lowest BCUT2D eigenvalue weighted by Crippen LogP contribution is -2.16. The van der Waals surface area contributed by atoms with Gasteiger partial charge in [-0.1, -0.05) is 12.1 Å². The zero-order valence-corrected chi connectivity index (χ0v) is 15.0. The van der Waals surface area contributed by atoms with E-state index in [1.165, 1.54) is 11.3 Å². The molecule has 6 heteroatoms. The molecule has 1 N–H and O–H groups in total. The SMILES string of the molecule is CCn1cc(-c2cncn2[C@H](CO)Cc2ccc(N(C)C)cc2)cn1. The summed E-state index contributed by atoms with van der Waals surface area (Å²) >= 11 is 0. The van der Waals surface area contributed by atoms with E-state index in [9.17, 15) is 5.11 Å². The summed E-state index contributed by atoms with van der Waals surface area (Å²) in [4.78, 5) is 6.37. The molecule has 0 saturated heterocycles. The zero-order chi connectivity index (χ0) is 17.8. The second-order valence-electron chi connectivity index (χ2n) is 6.37. The molecule has 0 radical (unpaired) electrons. The smallest absolute Gasteiger partial charge is 0.0954 e. The molecule has 0 saturated carbocycles. The highest BCUT2D eigenvalue weighted by Crippen LogP contribution is 2.25. The molecule has 0 bridgehead atoms. The molecule has 0 unspecified atom stereocenters. The Morgan fingerprint density at radius 2 is 1.92 bits per heavy atom. The molecule has 0 aliphatic heterocycles. The van der Waals surface area contributed by atoms with E-state index in [2.05, 4.69) is 46.2 Å². The van der Waals surface area contributed by atoms with Gasteiger partial charge in [-0.3, -0.25) is 4.68 Å². The monoisotopic (exact) mass is 339 g/mol. The summed E-state index contributed by atoms with van der Waals surface area (Å²) in [5.41, 5.74) is 4.34. The van der Waals surface area contributed by atoms with Crippen molar-refractivity contribution < 1.29 is 5.11 Å². The highest BCUT2D eigenvalue weighted by atomic mass is 16.3. The Labute approximate surface area is 148 Å². The number of imidazole rings is 1. The molecule has 0 aliphatic carbocycles. The Hall–Kier alpha value is -2.60. The predicted octanol–water partition coefficient (Wildman–Crippen LogP) is 2.61. The zero-order valence-electron chi connectivity index (χ0n) is 15.0. The third kappa shape index (κ3) is 3.74. The minimum atomic E-state index is -0.0623. The van der Waals surface area contributed by atoms with Crippen LogP contribution in [0.4, 0.5) is 5.69 Å². The number of aliphatic hydroxyl groups excluding tert-OH is 1. The van der Waals surface area contributed by atoms with Crippen LogP contribution in [0, 0.1) is 0 Å². The molecule has 0 aliphatic rings. The molecule has 25 heavy (non-hydrogen) atoms. The molecule has 3 aromatic rings. The van der Waals surface area contributed by atoms with Crippen molar-refractivity contribution in [2.24, 2.45) is 0 Å². The van der Waals surface area contributed by atoms with Crippen LogP contribution in [0.5, 0.6) is 0 Å². The van der Waals surface area contributed by atoms with Crippen LogP contribution >= 0.6 is 0 Å². The first-order valence-corrected chi connectivity index (χ1v) is 8.54. The quantitative estimate of drug-likeness (QED) is 0.719. The number of aliphatic hydroxyl groups is 1. The molecule has 2 aromatic heterocycles. The molecule has 0 spiro atoms. The van der Waals surface area contributed by atoms with Gasteiger partial charge in [0, 0.05) is 38.1 Å². The number of hydrogen-bond acceptors (Lipinski definition) is 4. The van der Waals surface area contributed by atoms with E-state index in [1.807, 2.05) is 41.9 Å². The number of aryl methyl sites for hydroxylation is 1. The lowest BCUT2D eigenvalue weighted by molar-refractivity contribution is 0.228. The number of anilines is 1. The third-order valence-electron chi connectivity index (χ3n) is 4.45. The van der Waals surface area contributed by atoms with E-state index in [1.54, 1.807) is 6.33 Å². The van der Waals surface area contributed by atoms with Crippen molar-refractivity contribution in [1.29, 1.82) is 0 Å². The first-order chi connectivity index (χ1) is 12.1. The van der Waals surface area contributed by atoms with Gasteiger partial charge < -0.3 is 14.6 Å². The van der Waals surface area contributed by atoms with Gasteiger partial charge in [0.2, 0.25) is 0 Å². The fourth-order valence-corrected chi connectivity index (χ4v) is 2.94. The van der Waals surface area contributed by atoms with Crippen molar-refractivity contribution in [2.45, 2.75) is 25.9 Å². The third-order valence-corrected chi connectivity index (χ3v) is 4.45. The summed E-state index contributed by atoms with van der Waals surface area (Å²) in [6.45, 7) is 2.94. The maximum Gasteiger partial charge on any atom is 0.0954 e. The first kappa shape index (κ1) is 17.2. The van der Waals surface area contributed by atoms with Gasteiger partial charge in [0.1, 0.15) is 0 Å². The molecule has 2 heterocycles. The molecular weight excluding hydrogens is 314 g/mol. The molecule has 0 fully saturated rings. The summed E-state index contributed by atoms with van der Waals surface area (Å²) in [5, 5.41) is 14.3. The second kappa shape index (κ2) is 7.53. The average molecular weight is 339 g/mol. The van der Waals surface area contributed by atoms with Crippen LogP contribution in [0.25, 0.3) is 11.3 Å². The van der Waals surface area contributed by atoms with E-state index in [-0.39, 0.29) is 12.6 Å². The lowest BCUT2D eigenvalue weighted by Gasteiger charge is -2.19. The van der Waals surface area contributed by atoms with Gasteiger partial charge in [0.05, 0.1) is 37.1 Å². The van der Waals surface area contributed by atoms with E-state index < -0.39 is 0 Å².